The maximum absolute atomic E-state index is 5.97. The van der Waals surface area contributed by atoms with Gasteiger partial charge >= 0.3 is 117 Å². The summed E-state index contributed by atoms with van der Waals surface area (Å²) in [4.78, 5) is 7.44. The Kier molecular flexibility index (Phi) is 4.95. The number of hydrogen-bond acceptors (Lipinski definition) is 0. The van der Waals surface area contributed by atoms with E-state index in [-0.39, 0.29) is 0 Å². The normalized spacial score (nSPS) is 13.9. The predicted molar refractivity (Wildman–Crippen MR) is 86.1 cm³/mol. The fraction of sp³-hybridized carbons (Fsp3) is 0.429. The second-order valence-electron chi connectivity index (χ2n) is 6.68. The van der Waals surface area contributed by atoms with Crippen molar-refractivity contribution < 1.29 is 0 Å². The molecule has 0 spiro atoms. The molecule has 0 atom stereocenters. The van der Waals surface area contributed by atoms with Crippen LogP contribution in [-0.2, 0) is 0 Å². The Morgan fingerprint density at radius 1 is 1.06 bits per heavy atom. The standard InChI is InChI=1S/C11H14ClSi.3CH3.Sn/c1-13(2,3)9-8-10-4-6-11(12)7-5-10;;;;/h4-7,9H,1-3H3;3*1H3;. The van der Waals surface area contributed by atoms with Crippen LogP contribution in [0.3, 0.4) is 0 Å². The number of rotatable bonds is 3. The molecule has 0 saturated heterocycles. The Morgan fingerprint density at radius 3 is 1.88 bits per heavy atom. The minimum absolute atomic E-state index is 0.824. The van der Waals surface area contributed by atoms with Gasteiger partial charge in [0.1, 0.15) is 0 Å². The van der Waals surface area contributed by atoms with Gasteiger partial charge in [0.05, 0.1) is 0 Å². The summed E-state index contributed by atoms with van der Waals surface area (Å²) in [5.41, 5.74) is 3.98. The molecule has 3 heteroatoms. The van der Waals surface area contributed by atoms with Gasteiger partial charge in [0.15, 0.2) is 0 Å². The molecule has 0 unspecified atom stereocenters. The van der Waals surface area contributed by atoms with Crippen molar-refractivity contribution in [3.63, 3.8) is 0 Å². The van der Waals surface area contributed by atoms with E-state index in [4.69, 9.17) is 11.6 Å². The average molecular weight is 374 g/mol. The molecule has 0 amide bonds. The number of halogens is 1. The predicted octanol–water partition coefficient (Wildman–Crippen LogP) is 5.48. The molecular formula is C14H23ClSiSn. The van der Waals surface area contributed by atoms with Crippen molar-refractivity contribution in [3.8, 4) is 0 Å². The molecule has 0 bridgehead atoms. The summed E-state index contributed by atoms with van der Waals surface area (Å²) in [7, 11) is -1.17. The van der Waals surface area contributed by atoms with E-state index in [9.17, 15) is 0 Å². The van der Waals surface area contributed by atoms with Crippen LogP contribution < -0.4 is 0 Å². The summed E-state index contributed by atoms with van der Waals surface area (Å²) in [5, 5.41) is 0.824. The van der Waals surface area contributed by atoms with E-state index in [0.717, 1.165) is 5.02 Å². The fourth-order valence-electron chi connectivity index (χ4n) is 1.80. The molecule has 1 aromatic carbocycles. The molecule has 0 aromatic heterocycles. The Balaban J connectivity index is 3.26. The van der Waals surface area contributed by atoms with Crippen molar-refractivity contribution in [1.82, 2.24) is 0 Å². The fourth-order valence-corrected chi connectivity index (χ4v) is 13.7. The molecule has 0 aliphatic heterocycles. The van der Waals surface area contributed by atoms with Gasteiger partial charge in [-0.15, -0.1) is 0 Å². The summed E-state index contributed by atoms with van der Waals surface area (Å²) in [5.74, 6) is 0. The monoisotopic (exact) mass is 374 g/mol. The minimum atomic E-state index is -2.06. The van der Waals surface area contributed by atoms with Crippen LogP contribution >= 0.6 is 11.6 Å². The zero-order valence-corrected chi connectivity index (χ0v) is 16.4. The molecule has 94 valence electrons. The summed E-state index contributed by atoms with van der Waals surface area (Å²) in [6.07, 6.45) is 0. The summed E-state index contributed by atoms with van der Waals surface area (Å²) in [6, 6.07) is 8.37. The first-order chi connectivity index (χ1) is 7.59. The molecular weight excluding hydrogens is 350 g/mol. The number of benzene rings is 1. The first-order valence-electron chi connectivity index (χ1n) is 6.09. The Labute approximate surface area is 116 Å². The summed E-state index contributed by atoms with van der Waals surface area (Å²) < 4.78 is 1.65. The van der Waals surface area contributed by atoms with Gasteiger partial charge in [-0.2, -0.15) is 0 Å². The summed E-state index contributed by atoms with van der Waals surface area (Å²) >= 11 is 3.91. The topological polar surface area (TPSA) is 0 Å². The van der Waals surface area contributed by atoms with Gasteiger partial charge in [-0.25, -0.2) is 0 Å². The Morgan fingerprint density at radius 2 is 1.53 bits per heavy atom. The van der Waals surface area contributed by atoms with E-state index in [0.29, 0.717) is 0 Å². The maximum atomic E-state index is 5.97. The molecule has 0 aliphatic rings. The Bertz CT molecular complexity index is 407. The van der Waals surface area contributed by atoms with Crippen molar-refractivity contribution in [1.29, 1.82) is 0 Å². The SMILES string of the molecule is C[Si](C)(C)/C=[C](\c1ccc(Cl)cc1)[Sn]([CH3])([CH3])[CH3]. The zero-order chi connectivity index (χ0) is 13.3. The van der Waals surface area contributed by atoms with E-state index >= 15 is 0 Å². The third-order valence-corrected chi connectivity index (χ3v) is 10.6. The molecule has 17 heavy (non-hydrogen) atoms. The van der Waals surface area contributed by atoms with Crippen molar-refractivity contribution in [2.75, 3.05) is 0 Å². The Hall–Kier alpha value is 0.266. The van der Waals surface area contributed by atoms with Crippen LogP contribution in [0.15, 0.2) is 30.0 Å². The van der Waals surface area contributed by atoms with Crippen LogP contribution in [0.1, 0.15) is 5.56 Å². The second kappa shape index (κ2) is 5.49. The average Bonchev–Trinajstić information content (AvgIpc) is 2.13. The van der Waals surface area contributed by atoms with Gasteiger partial charge in [0.25, 0.3) is 0 Å². The van der Waals surface area contributed by atoms with Crippen molar-refractivity contribution in [3.05, 3.63) is 40.6 Å². The molecule has 1 aromatic rings. The molecule has 0 aliphatic carbocycles. The van der Waals surface area contributed by atoms with Gasteiger partial charge in [0, 0.05) is 0 Å². The molecule has 0 heterocycles. The van der Waals surface area contributed by atoms with Crippen molar-refractivity contribution in [2.45, 2.75) is 34.5 Å². The van der Waals surface area contributed by atoms with E-state index in [1.54, 1.807) is 3.59 Å². The van der Waals surface area contributed by atoms with E-state index in [1.807, 2.05) is 12.1 Å². The van der Waals surface area contributed by atoms with Crippen molar-refractivity contribution >= 4 is 41.6 Å². The quantitative estimate of drug-likeness (QED) is 0.616. The molecule has 0 radical (unpaired) electrons. The van der Waals surface area contributed by atoms with Gasteiger partial charge in [-0.3, -0.25) is 0 Å². The van der Waals surface area contributed by atoms with E-state index in [2.05, 4.69) is 52.3 Å². The van der Waals surface area contributed by atoms with Crippen LogP contribution in [0.4, 0.5) is 0 Å². The van der Waals surface area contributed by atoms with Crippen LogP contribution in [0.2, 0.25) is 39.5 Å². The zero-order valence-electron chi connectivity index (χ0n) is 11.8. The molecule has 0 N–H and O–H groups in total. The van der Waals surface area contributed by atoms with E-state index in [1.165, 1.54) is 5.56 Å². The third kappa shape index (κ3) is 5.19. The summed E-state index contributed by atoms with van der Waals surface area (Å²) in [6.45, 7) is 7.21. The van der Waals surface area contributed by atoms with Crippen molar-refractivity contribution in [2.24, 2.45) is 0 Å². The van der Waals surface area contributed by atoms with Gasteiger partial charge < -0.3 is 0 Å². The molecule has 0 fully saturated rings. The van der Waals surface area contributed by atoms with Crippen LogP contribution in [-0.4, -0.2) is 26.5 Å². The van der Waals surface area contributed by atoms with Gasteiger partial charge in [-0.1, -0.05) is 0 Å². The molecule has 0 saturated carbocycles. The van der Waals surface area contributed by atoms with Crippen LogP contribution in [0.5, 0.6) is 0 Å². The van der Waals surface area contributed by atoms with E-state index < -0.39 is 26.5 Å². The van der Waals surface area contributed by atoms with Gasteiger partial charge in [0.2, 0.25) is 0 Å². The van der Waals surface area contributed by atoms with Crippen LogP contribution in [0.25, 0.3) is 3.59 Å². The molecule has 0 nitrogen and oxygen atoms in total. The molecule has 1 rings (SSSR count). The second-order valence-corrected chi connectivity index (χ2v) is 26.5. The number of hydrogen-bond donors (Lipinski definition) is 0. The first kappa shape index (κ1) is 15.3. The van der Waals surface area contributed by atoms with Crippen LogP contribution in [0, 0.1) is 0 Å². The van der Waals surface area contributed by atoms with Gasteiger partial charge in [-0.05, 0) is 0 Å². The third-order valence-electron chi connectivity index (χ3n) is 2.54. The first-order valence-corrected chi connectivity index (χ1v) is 20.0.